The van der Waals surface area contributed by atoms with E-state index in [1.165, 1.54) is 49.5 Å². The van der Waals surface area contributed by atoms with Gasteiger partial charge in [0.15, 0.2) is 0 Å². The van der Waals surface area contributed by atoms with Crippen LogP contribution < -0.4 is 5.32 Å². The van der Waals surface area contributed by atoms with Crippen LogP contribution >= 0.6 is 11.8 Å². The second kappa shape index (κ2) is 6.97. The molecule has 0 bridgehead atoms. The largest absolute Gasteiger partial charge is 0.311 e. The van der Waals surface area contributed by atoms with Gasteiger partial charge in [-0.3, -0.25) is 4.90 Å². The molecule has 2 unspecified atom stereocenters. The molecule has 1 aliphatic heterocycles. The molecular formula is C17H26N2S. The Kier molecular flexibility index (Phi) is 5.03. The maximum Gasteiger partial charge on any atom is 0.0224 e. The summed E-state index contributed by atoms with van der Waals surface area (Å²) in [6, 6.07) is 12.3. The molecule has 1 saturated heterocycles. The van der Waals surface area contributed by atoms with Crippen LogP contribution in [0.25, 0.3) is 0 Å². The molecule has 0 radical (unpaired) electrons. The quantitative estimate of drug-likeness (QED) is 0.810. The number of hydrogen-bond acceptors (Lipinski definition) is 3. The Morgan fingerprint density at radius 3 is 2.75 bits per heavy atom. The van der Waals surface area contributed by atoms with Gasteiger partial charge in [0.25, 0.3) is 0 Å². The lowest BCUT2D eigenvalue weighted by Crippen LogP contribution is -2.57. The highest BCUT2D eigenvalue weighted by molar-refractivity contribution is 7.99. The Bertz CT molecular complexity index is 405. The lowest BCUT2D eigenvalue weighted by molar-refractivity contribution is 0.127. The van der Waals surface area contributed by atoms with Crippen LogP contribution in [0.4, 0.5) is 0 Å². The molecule has 2 fully saturated rings. The molecule has 1 heterocycles. The predicted molar refractivity (Wildman–Crippen MR) is 87.3 cm³/mol. The normalized spacial score (nSPS) is 27.6. The van der Waals surface area contributed by atoms with Crippen LogP contribution in [0.15, 0.2) is 35.2 Å². The summed E-state index contributed by atoms with van der Waals surface area (Å²) in [5.41, 5.74) is 0. The van der Waals surface area contributed by atoms with Crippen LogP contribution in [0.5, 0.6) is 0 Å². The monoisotopic (exact) mass is 290 g/mol. The fraction of sp³-hybridized carbons (Fsp3) is 0.647. The van der Waals surface area contributed by atoms with E-state index in [-0.39, 0.29) is 0 Å². The zero-order chi connectivity index (χ0) is 13.8. The van der Waals surface area contributed by atoms with Gasteiger partial charge in [-0.05, 0) is 37.3 Å². The van der Waals surface area contributed by atoms with Crippen molar-refractivity contribution in [3.63, 3.8) is 0 Å². The number of thioether (sulfide) groups is 1. The van der Waals surface area contributed by atoms with Crippen molar-refractivity contribution < 1.29 is 0 Å². The first kappa shape index (κ1) is 14.4. The summed E-state index contributed by atoms with van der Waals surface area (Å²) in [6.07, 6.45) is 4.16. The van der Waals surface area contributed by atoms with Gasteiger partial charge in [-0.15, -0.1) is 11.8 Å². The topological polar surface area (TPSA) is 15.3 Å². The zero-order valence-electron chi connectivity index (χ0n) is 12.4. The number of nitrogens with one attached hydrogen (secondary N) is 1. The number of rotatable bonds is 6. The fourth-order valence-corrected chi connectivity index (χ4v) is 4.08. The molecule has 1 saturated carbocycles. The van der Waals surface area contributed by atoms with E-state index in [2.05, 4.69) is 47.5 Å². The van der Waals surface area contributed by atoms with Crippen LogP contribution in [0, 0.1) is 5.92 Å². The number of piperazine rings is 1. The van der Waals surface area contributed by atoms with Crippen LogP contribution in [0.3, 0.4) is 0 Å². The van der Waals surface area contributed by atoms with Crippen molar-refractivity contribution in [2.45, 2.75) is 43.2 Å². The SMILES string of the molecule is CCC1CNC(C2CC2)CN1CCSc1ccccc1. The summed E-state index contributed by atoms with van der Waals surface area (Å²) in [4.78, 5) is 4.13. The number of benzene rings is 1. The Balaban J connectivity index is 1.48. The van der Waals surface area contributed by atoms with Crippen LogP contribution in [0.2, 0.25) is 0 Å². The average Bonchev–Trinajstić information content (AvgIpc) is 3.33. The van der Waals surface area contributed by atoms with Crippen molar-refractivity contribution in [3.8, 4) is 0 Å². The van der Waals surface area contributed by atoms with Gasteiger partial charge in [0.05, 0.1) is 0 Å². The standard InChI is InChI=1S/C17H26N2S/c1-2-15-12-18-17(14-8-9-14)13-19(15)10-11-20-16-6-4-3-5-7-16/h3-7,14-15,17-18H,2,8-13H2,1H3. The summed E-state index contributed by atoms with van der Waals surface area (Å²) in [5.74, 6) is 2.18. The maximum atomic E-state index is 3.77. The first-order chi connectivity index (χ1) is 9.86. The van der Waals surface area contributed by atoms with E-state index in [0.717, 1.165) is 18.0 Å². The van der Waals surface area contributed by atoms with E-state index in [9.17, 15) is 0 Å². The third-order valence-electron chi connectivity index (χ3n) is 4.62. The van der Waals surface area contributed by atoms with Gasteiger partial charge in [0.1, 0.15) is 0 Å². The molecule has 0 aromatic heterocycles. The van der Waals surface area contributed by atoms with E-state index in [1.807, 2.05) is 11.8 Å². The second-order valence-electron chi connectivity index (χ2n) is 6.07. The summed E-state index contributed by atoms with van der Waals surface area (Å²) >= 11 is 1.99. The molecule has 0 spiro atoms. The molecular weight excluding hydrogens is 264 g/mol. The van der Waals surface area contributed by atoms with Gasteiger partial charge in [0, 0.05) is 42.4 Å². The Hall–Kier alpha value is -0.510. The first-order valence-electron chi connectivity index (χ1n) is 8.02. The molecule has 2 atom stereocenters. The molecule has 20 heavy (non-hydrogen) atoms. The Labute approximate surface area is 127 Å². The van der Waals surface area contributed by atoms with E-state index in [1.54, 1.807) is 0 Å². The second-order valence-corrected chi connectivity index (χ2v) is 7.24. The smallest absolute Gasteiger partial charge is 0.0224 e. The molecule has 2 aliphatic rings. The Morgan fingerprint density at radius 2 is 2.05 bits per heavy atom. The van der Waals surface area contributed by atoms with Gasteiger partial charge >= 0.3 is 0 Å². The first-order valence-corrected chi connectivity index (χ1v) is 9.00. The zero-order valence-corrected chi connectivity index (χ0v) is 13.2. The van der Waals surface area contributed by atoms with Crippen molar-refractivity contribution in [2.24, 2.45) is 5.92 Å². The minimum Gasteiger partial charge on any atom is -0.311 e. The fourth-order valence-electron chi connectivity index (χ4n) is 3.17. The highest BCUT2D eigenvalue weighted by Crippen LogP contribution is 2.34. The van der Waals surface area contributed by atoms with E-state index in [4.69, 9.17) is 0 Å². The molecule has 2 nitrogen and oxygen atoms in total. The van der Waals surface area contributed by atoms with Gasteiger partial charge in [-0.1, -0.05) is 25.1 Å². The highest BCUT2D eigenvalue weighted by Gasteiger charge is 2.36. The molecule has 3 heteroatoms. The molecule has 1 aromatic rings. The van der Waals surface area contributed by atoms with Crippen molar-refractivity contribution in [2.75, 3.05) is 25.4 Å². The molecule has 3 rings (SSSR count). The van der Waals surface area contributed by atoms with Gasteiger partial charge in [0.2, 0.25) is 0 Å². The predicted octanol–water partition coefficient (Wildman–Crippen LogP) is 3.24. The van der Waals surface area contributed by atoms with Gasteiger partial charge in [-0.25, -0.2) is 0 Å². The summed E-state index contributed by atoms with van der Waals surface area (Å²) < 4.78 is 0. The molecule has 1 aliphatic carbocycles. The molecule has 1 N–H and O–H groups in total. The number of nitrogens with zero attached hydrogens (tertiary/aromatic N) is 1. The summed E-state index contributed by atoms with van der Waals surface area (Å²) in [6.45, 7) is 6.00. The maximum absolute atomic E-state index is 3.77. The molecule has 0 amide bonds. The van der Waals surface area contributed by atoms with Gasteiger partial charge in [-0.2, -0.15) is 0 Å². The highest BCUT2D eigenvalue weighted by atomic mass is 32.2. The van der Waals surface area contributed by atoms with Crippen LogP contribution in [0.1, 0.15) is 26.2 Å². The van der Waals surface area contributed by atoms with Crippen LogP contribution in [-0.4, -0.2) is 42.4 Å². The average molecular weight is 290 g/mol. The molecule has 110 valence electrons. The molecule has 1 aromatic carbocycles. The third-order valence-corrected chi connectivity index (χ3v) is 5.61. The lowest BCUT2D eigenvalue weighted by Gasteiger charge is -2.40. The minimum absolute atomic E-state index is 0.737. The minimum atomic E-state index is 0.737. The number of hydrogen-bond donors (Lipinski definition) is 1. The van der Waals surface area contributed by atoms with Crippen molar-refractivity contribution in [1.82, 2.24) is 10.2 Å². The van der Waals surface area contributed by atoms with Crippen molar-refractivity contribution >= 4 is 11.8 Å². The lowest BCUT2D eigenvalue weighted by atomic mass is 10.0. The third kappa shape index (κ3) is 3.78. The van der Waals surface area contributed by atoms with Crippen LogP contribution in [-0.2, 0) is 0 Å². The Morgan fingerprint density at radius 1 is 1.25 bits per heavy atom. The van der Waals surface area contributed by atoms with E-state index in [0.29, 0.717) is 0 Å². The summed E-state index contributed by atoms with van der Waals surface area (Å²) in [5, 5.41) is 3.77. The van der Waals surface area contributed by atoms with Crippen molar-refractivity contribution in [1.29, 1.82) is 0 Å². The van der Waals surface area contributed by atoms with Gasteiger partial charge < -0.3 is 5.32 Å². The van der Waals surface area contributed by atoms with Crippen molar-refractivity contribution in [3.05, 3.63) is 30.3 Å². The van der Waals surface area contributed by atoms with E-state index >= 15 is 0 Å². The summed E-state index contributed by atoms with van der Waals surface area (Å²) in [7, 11) is 0. The van der Waals surface area contributed by atoms with E-state index < -0.39 is 0 Å².